The molecule has 218 valence electrons. The van der Waals surface area contributed by atoms with Crippen LogP contribution in [0.3, 0.4) is 0 Å². The van der Waals surface area contributed by atoms with Crippen molar-refractivity contribution in [3.05, 3.63) is 108 Å². The number of ether oxygens (including phenoxy) is 4. The van der Waals surface area contributed by atoms with Crippen molar-refractivity contribution in [2.24, 2.45) is 0 Å². The molecular formula is C34H40O7. The number of rotatable bonds is 14. The lowest BCUT2D eigenvalue weighted by Gasteiger charge is -2.37. The Morgan fingerprint density at radius 3 is 1.54 bits per heavy atom. The fourth-order valence-electron chi connectivity index (χ4n) is 5.15. The van der Waals surface area contributed by atoms with Crippen LogP contribution in [-0.4, -0.2) is 48.3 Å². The van der Waals surface area contributed by atoms with E-state index >= 15 is 0 Å². The number of hydrogen-bond acceptors (Lipinski definition) is 7. The molecule has 0 amide bonds. The molecular weight excluding hydrogens is 520 g/mol. The van der Waals surface area contributed by atoms with E-state index in [-0.39, 0.29) is 19.4 Å². The molecule has 1 aliphatic rings. The molecule has 0 aliphatic carbocycles. The second-order valence-corrected chi connectivity index (χ2v) is 10.3. The second-order valence-electron chi connectivity index (χ2n) is 10.3. The van der Waals surface area contributed by atoms with Gasteiger partial charge in [0.2, 0.25) is 0 Å². The Labute approximate surface area is 242 Å². The van der Waals surface area contributed by atoms with Gasteiger partial charge in [0.1, 0.15) is 11.7 Å². The summed E-state index contributed by atoms with van der Waals surface area (Å²) < 4.78 is 24.2. The van der Waals surface area contributed by atoms with Gasteiger partial charge >= 0.3 is 11.9 Å². The minimum Gasteiger partial charge on any atom is -0.455 e. The molecule has 7 nitrogen and oxygen atoms in total. The zero-order chi connectivity index (χ0) is 29.1. The monoisotopic (exact) mass is 560 g/mol. The van der Waals surface area contributed by atoms with Crippen LogP contribution in [0.4, 0.5) is 0 Å². The number of carbonyl (C=O) groups is 2. The van der Waals surface area contributed by atoms with Gasteiger partial charge in [-0.3, -0.25) is 9.59 Å². The summed E-state index contributed by atoms with van der Waals surface area (Å²) >= 11 is 0. The van der Waals surface area contributed by atoms with Crippen LogP contribution in [-0.2, 0) is 34.1 Å². The molecule has 1 saturated heterocycles. The first-order valence-corrected chi connectivity index (χ1v) is 14.5. The Kier molecular flexibility index (Phi) is 11.1. The summed E-state index contributed by atoms with van der Waals surface area (Å²) in [7, 11) is 0. The maximum atomic E-state index is 12.7. The van der Waals surface area contributed by atoms with E-state index in [0.29, 0.717) is 12.8 Å². The summed E-state index contributed by atoms with van der Waals surface area (Å²) in [4.78, 5) is 25.3. The van der Waals surface area contributed by atoms with Gasteiger partial charge in [-0.05, 0) is 29.5 Å². The molecule has 2 unspecified atom stereocenters. The minimum absolute atomic E-state index is 0.0511. The van der Waals surface area contributed by atoms with Crippen molar-refractivity contribution in [2.75, 3.05) is 6.61 Å². The van der Waals surface area contributed by atoms with E-state index in [1.807, 2.05) is 105 Å². The van der Waals surface area contributed by atoms with Crippen LogP contribution in [0.25, 0.3) is 0 Å². The summed E-state index contributed by atoms with van der Waals surface area (Å²) in [6, 6.07) is 29.6. The van der Waals surface area contributed by atoms with Crippen molar-refractivity contribution < 1.29 is 33.6 Å². The van der Waals surface area contributed by atoms with Crippen molar-refractivity contribution in [3.63, 3.8) is 0 Å². The molecule has 3 aromatic rings. The van der Waals surface area contributed by atoms with Crippen LogP contribution < -0.4 is 0 Å². The fourth-order valence-corrected chi connectivity index (χ4v) is 5.15. The summed E-state index contributed by atoms with van der Waals surface area (Å²) in [6.45, 7) is 3.91. The highest BCUT2D eigenvalue weighted by molar-refractivity contribution is 5.70. The lowest BCUT2D eigenvalue weighted by molar-refractivity contribution is -0.177. The topological polar surface area (TPSA) is 91.3 Å². The van der Waals surface area contributed by atoms with Gasteiger partial charge in [0.15, 0.2) is 18.5 Å². The van der Waals surface area contributed by atoms with E-state index in [2.05, 4.69) is 0 Å². The Morgan fingerprint density at radius 2 is 1.12 bits per heavy atom. The third-order valence-corrected chi connectivity index (χ3v) is 7.29. The van der Waals surface area contributed by atoms with Crippen molar-refractivity contribution in [1.82, 2.24) is 0 Å². The number of esters is 2. The van der Waals surface area contributed by atoms with Crippen molar-refractivity contribution in [2.45, 2.75) is 82.6 Å². The number of aliphatic hydroxyl groups is 1. The van der Waals surface area contributed by atoms with Gasteiger partial charge in [-0.25, -0.2) is 0 Å². The summed E-state index contributed by atoms with van der Waals surface area (Å²) in [5.74, 6) is -0.905. The Hall–Kier alpha value is -3.52. The molecule has 7 heteroatoms. The summed E-state index contributed by atoms with van der Waals surface area (Å²) in [6.07, 6.45) is -1.13. The van der Waals surface area contributed by atoms with E-state index in [4.69, 9.17) is 18.9 Å². The lowest BCUT2D eigenvalue weighted by atomic mass is 9.80. The van der Waals surface area contributed by atoms with Crippen molar-refractivity contribution in [1.29, 1.82) is 0 Å². The molecule has 0 bridgehead atoms. The largest absolute Gasteiger partial charge is 0.455 e. The Morgan fingerprint density at radius 1 is 0.707 bits per heavy atom. The zero-order valence-electron chi connectivity index (χ0n) is 23.8. The molecule has 3 aromatic carbocycles. The number of hydrogen-bond donors (Lipinski definition) is 1. The van der Waals surface area contributed by atoms with Crippen LogP contribution in [0, 0.1) is 0 Å². The van der Waals surface area contributed by atoms with E-state index in [9.17, 15) is 14.7 Å². The van der Waals surface area contributed by atoms with Crippen LogP contribution in [0.5, 0.6) is 0 Å². The highest BCUT2D eigenvalue weighted by atomic mass is 16.7. The van der Waals surface area contributed by atoms with Gasteiger partial charge < -0.3 is 24.1 Å². The number of unbranched alkanes of at least 4 members (excludes halogenated alkanes) is 2. The van der Waals surface area contributed by atoms with Gasteiger partial charge in [0, 0.05) is 12.8 Å². The van der Waals surface area contributed by atoms with Crippen molar-refractivity contribution >= 4 is 11.9 Å². The predicted octanol–water partition coefficient (Wildman–Crippen LogP) is 5.92. The fraction of sp³-hybridized carbons (Fsp3) is 0.412. The molecule has 1 heterocycles. The Bertz CT molecular complexity index is 1120. The van der Waals surface area contributed by atoms with Gasteiger partial charge in [-0.1, -0.05) is 118 Å². The molecule has 4 atom stereocenters. The summed E-state index contributed by atoms with van der Waals surface area (Å²) in [5.41, 5.74) is 1.66. The standard InChI is InChI=1S/C34H40O7/c1-3-5-22-29(35)40-31-28(39-33(37)32(31)41-30(36)23-6-4-2)24-38-34(25-16-10-7-11-17-25,26-18-12-8-13-19-26)27-20-14-9-15-21-27/h7-21,28,31-33,37H,3-6,22-24H2,1-2H3/t28?,31-,32-,33?/m1/s1. The second kappa shape index (κ2) is 14.9. The van der Waals surface area contributed by atoms with Gasteiger partial charge in [0.25, 0.3) is 0 Å². The molecule has 0 aromatic heterocycles. The van der Waals surface area contributed by atoms with Gasteiger partial charge in [-0.15, -0.1) is 0 Å². The average molecular weight is 561 g/mol. The first-order chi connectivity index (χ1) is 20.0. The number of aliphatic hydroxyl groups excluding tert-OH is 1. The highest BCUT2D eigenvalue weighted by Crippen LogP contribution is 2.41. The van der Waals surface area contributed by atoms with Crippen LogP contribution >= 0.6 is 0 Å². The van der Waals surface area contributed by atoms with E-state index in [1.165, 1.54) is 0 Å². The maximum absolute atomic E-state index is 12.7. The van der Waals surface area contributed by atoms with E-state index < -0.39 is 42.1 Å². The quantitative estimate of drug-likeness (QED) is 0.193. The molecule has 0 saturated carbocycles. The highest BCUT2D eigenvalue weighted by Gasteiger charge is 2.50. The van der Waals surface area contributed by atoms with E-state index in [1.54, 1.807) is 0 Å². The predicted molar refractivity (Wildman–Crippen MR) is 155 cm³/mol. The average Bonchev–Trinajstić information content (AvgIpc) is 3.29. The first-order valence-electron chi connectivity index (χ1n) is 14.5. The molecule has 41 heavy (non-hydrogen) atoms. The third-order valence-electron chi connectivity index (χ3n) is 7.29. The van der Waals surface area contributed by atoms with Gasteiger partial charge in [-0.2, -0.15) is 0 Å². The maximum Gasteiger partial charge on any atom is 0.306 e. The third kappa shape index (κ3) is 7.41. The molecule has 1 fully saturated rings. The van der Waals surface area contributed by atoms with E-state index in [0.717, 1.165) is 29.5 Å². The van der Waals surface area contributed by atoms with Crippen LogP contribution in [0.2, 0.25) is 0 Å². The zero-order valence-corrected chi connectivity index (χ0v) is 23.8. The van der Waals surface area contributed by atoms with Gasteiger partial charge in [0.05, 0.1) is 6.61 Å². The SMILES string of the molecule is CCCCC(=O)O[C@@H]1C(COC(c2ccccc2)(c2ccccc2)c2ccccc2)OC(O)[C@@H]1OC(=O)CCCC. The molecule has 0 radical (unpaired) electrons. The molecule has 0 spiro atoms. The number of benzene rings is 3. The normalized spacial score (nSPS) is 20.5. The Balaban J connectivity index is 1.68. The summed E-state index contributed by atoms with van der Waals surface area (Å²) in [5, 5.41) is 10.8. The molecule has 4 rings (SSSR count). The van der Waals surface area contributed by atoms with Crippen LogP contribution in [0.15, 0.2) is 91.0 Å². The van der Waals surface area contributed by atoms with Crippen molar-refractivity contribution in [3.8, 4) is 0 Å². The molecule has 1 N–H and O–H groups in total. The first kappa shape index (κ1) is 30.4. The molecule has 1 aliphatic heterocycles. The van der Waals surface area contributed by atoms with Crippen LogP contribution in [0.1, 0.15) is 69.1 Å². The lowest BCUT2D eigenvalue weighted by Crippen LogP contribution is -2.43. The minimum atomic E-state index is -1.46. The number of carbonyl (C=O) groups excluding carboxylic acids is 2. The smallest absolute Gasteiger partial charge is 0.306 e.